The normalized spacial score (nSPS) is 39.1. The standard InChI is InChI=1S/C7H11NO2.ClH/c9-6(10)3-7-1-5(2-7)8-4-7;/h5,8H,1-4H2,(H,9,10);1H. The Kier molecular flexibility index (Phi) is 2.12. The summed E-state index contributed by atoms with van der Waals surface area (Å²) in [5, 5.41) is 11.8. The van der Waals surface area contributed by atoms with Crippen molar-refractivity contribution in [2.75, 3.05) is 6.54 Å². The fourth-order valence-corrected chi connectivity index (χ4v) is 2.16. The smallest absolute Gasteiger partial charge is 0.303 e. The van der Waals surface area contributed by atoms with E-state index in [4.69, 9.17) is 5.11 Å². The number of carboxylic acid groups (broad SMARTS) is 1. The van der Waals surface area contributed by atoms with Gasteiger partial charge in [0.1, 0.15) is 0 Å². The zero-order valence-electron chi connectivity index (χ0n) is 6.17. The minimum atomic E-state index is -0.651. The highest BCUT2D eigenvalue weighted by atomic mass is 35.5. The summed E-state index contributed by atoms with van der Waals surface area (Å²) in [6.07, 6.45) is 2.52. The van der Waals surface area contributed by atoms with Crippen molar-refractivity contribution in [3.8, 4) is 0 Å². The quantitative estimate of drug-likeness (QED) is 0.651. The van der Waals surface area contributed by atoms with Crippen molar-refractivity contribution in [1.29, 1.82) is 0 Å². The van der Waals surface area contributed by atoms with E-state index in [1.54, 1.807) is 0 Å². The van der Waals surface area contributed by atoms with Crippen LogP contribution in [0.1, 0.15) is 19.3 Å². The van der Waals surface area contributed by atoms with E-state index in [1.807, 2.05) is 0 Å². The van der Waals surface area contributed by atoms with Crippen LogP contribution in [0.25, 0.3) is 0 Å². The third kappa shape index (κ3) is 1.35. The maximum absolute atomic E-state index is 10.4. The summed E-state index contributed by atoms with van der Waals surface area (Å²) in [6, 6.07) is 0.638. The Labute approximate surface area is 71.6 Å². The molecule has 1 saturated carbocycles. The van der Waals surface area contributed by atoms with Crippen molar-refractivity contribution in [3.63, 3.8) is 0 Å². The summed E-state index contributed by atoms with van der Waals surface area (Å²) in [4.78, 5) is 10.4. The highest BCUT2D eigenvalue weighted by Gasteiger charge is 2.51. The van der Waals surface area contributed by atoms with Crippen LogP contribution in [0.4, 0.5) is 0 Å². The molecule has 1 aliphatic carbocycles. The van der Waals surface area contributed by atoms with Crippen molar-refractivity contribution >= 4 is 18.4 Å². The molecular weight excluding hydrogens is 166 g/mol. The first-order chi connectivity index (χ1) is 4.70. The summed E-state index contributed by atoms with van der Waals surface area (Å²) < 4.78 is 0. The lowest BCUT2D eigenvalue weighted by atomic mass is 9.68. The molecule has 0 spiro atoms. The van der Waals surface area contributed by atoms with Crippen LogP contribution in [-0.2, 0) is 4.79 Å². The van der Waals surface area contributed by atoms with Crippen LogP contribution in [-0.4, -0.2) is 23.7 Å². The van der Waals surface area contributed by atoms with Crippen LogP contribution in [0.3, 0.4) is 0 Å². The Bertz CT molecular complexity index is 172. The van der Waals surface area contributed by atoms with Gasteiger partial charge in [-0.15, -0.1) is 12.4 Å². The fraction of sp³-hybridized carbons (Fsp3) is 0.857. The van der Waals surface area contributed by atoms with Crippen LogP contribution in [0.5, 0.6) is 0 Å². The van der Waals surface area contributed by atoms with Crippen molar-refractivity contribution in [2.45, 2.75) is 25.3 Å². The van der Waals surface area contributed by atoms with Gasteiger partial charge < -0.3 is 10.4 Å². The molecule has 3 rings (SSSR count). The Balaban J connectivity index is 0.000000605. The highest BCUT2D eigenvalue weighted by molar-refractivity contribution is 5.85. The largest absolute Gasteiger partial charge is 0.481 e. The number of fused-ring (bicyclic) bond motifs is 1. The van der Waals surface area contributed by atoms with Crippen LogP contribution >= 0.6 is 12.4 Å². The van der Waals surface area contributed by atoms with Crippen molar-refractivity contribution in [2.24, 2.45) is 5.41 Å². The van der Waals surface area contributed by atoms with Gasteiger partial charge in [0.05, 0.1) is 6.42 Å². The van der Waals surface area contributed by atoms with Gasteiger partial charge in [-0.3, -0.25) is 4.79 Å². The van der Waals surface area contributed by atoms with E-state index >= 15 is 0 Å². The zero-order valence-corrected chi connectivity index (χ0v) is 6.99. The van der Waals surface area contributed by atoms with Crippen LogP contribution in [0, 0.1) is 5.41 Å². The predicted molar refractivity (Wildman–Crippen MR) is 43.0 cm³/mol. The number of aliphatic carboxylic acids is 1. The van der Waals surface area contributed by atoms with Gasteiger partial charge in [-0.05, 0) is 18.3 Å². The molecule has 0 atom stereocenters. The van der Waals surface area contributed by atoms with Gasteiger partial charge in [-0.2, -0.15) is 0 Å². The molecule has 0 aromatic heterocycles. The lowest BCUT2D eigenvalue weighted by Crippen LogP contribution is -2.35. The van der Waals surface area contributed by atoms with E-state index in [2.05, 4.69) is 5.32 Å². The lowest BCUT2D eigenvalue weighted by Gasteiger charge is -2.35. The number of nitrogens with one attached hydrogen (secondary N) is 1. The summed E-state index contributed by atoms with van der Waals surface area (Å²) in [5.41, 5.74) is 0.149. The molecule has 0 aromatic rings. The first kappa shape index (κ1) is 8.81. The minimum absolute atomic E-state index is 0. The number of carbonyl (C=O) groups is 1. The SMILES string of the molecule is Cl.O=C(O)CC12CNC(C1)C2. The molecule has 2 bridgehead atoms. The molecule has 3 nitrogen and oxygen atoms in total. The summed E-state index contributed by atoms with van der Waals surface area (Å²) in [6.45, 7) is 0.921. The zero-order chi connectivity index (χ0) is 7.19. The molecule has 2 heterocycles. The highest BCUT2D eigenvalue weighted by Crippen LogP contribution is 2.48. The molecule has 11 heavy (non-hydrogen) atoms. The number of carboxylic acids is 1. The Morgan fingerprint density at radius 3 is 2.64 bits per heavy atom. The molecule has 2 N–H and O–H groups in total. The molecular formula is C7H12ClNO2. The Morgan fingerprint density at radius 1 is 1.64 bits per heavy atom. The Hall–Kier alpha value is -0.280. The molecule has 2 saturated heterocycles. The molecule has 0 radical (unpaired) electrons. The summed E-state index contributed by atoms with van der Waals surface area (Å²) >= 11 is 0. The number of halogens is 1. The molecule has 0 unspecified atom stereocenters. The maximum Gasteiger partial charge on any atom is 0.303 e. The lowest BCUT2D eigenvalue weighted by molar-refractivity contribution is -0.140. The number of hydrogen-bond donors (Lipinski definition) is 2. The second kappa shape index (κ2) is 2.64. The average molecular weight is 178 g/mol. The second-order valence-corrected chi connectivity index (χ2v) is 3.56. The van der Waals surface area contributed by atoms with E-state index < -0.39 is 5.97 Å². The van der Waals surface area contributed by atoms with Crippen molar-refractivity contribution in [1.82, 2.24) is 5.32 Å². The summed E-state index contributed by atoms with van der Waals surface area (Å²) in [7, 11) is 0. The first-order valence-corrected chi connectivity index (χ1v) is 3.65. The van der Waals surface area contributed by atoms with Gasteiger partial charge in [0, 0.05) is 12.6 Å². The second-order valence-electron chi connectivity index (χ2n) is 3.56. The van der Waals surface area contributed by atoms with Crippen molar-refractivity contribution < 1.29 is 9.90 Å². The van der Waals surface area contributed by atoms with Gasteiger partial charge >= 0.3 is 5.97 Å². The van der Waals surface area contributed by atoms with Gasteiger partial charge in [-0.1, -0.05) is 0 Å². The van der Waals surface area contributed by atoms with E-state index in [0.29, 0.717) is 12.5 Å². The molecule has 0 aromatic carbocycles. The third-order valence-electron chi connectivity index (χ3n) is 2.65. The summed E-state index contributed by atoms with van der Waals surface area (Å²) in [5.74, 6) is -0.651. The van der Waals surface area contributed by atoms with Gasteiger partial charge in [0.2, 0.25) is 0 Å². The molecule has 4 heteroatoms. The van der Waals surface area contributed by atoms with Crippen LogP contribution in [0.2, 0.25) is 0 Å². The monoisotopic (exact) mass is 177 g/mol. The maximum atomic E-state index is 10.4. The fourth-order valence-electron chi connectivity index (χ4n) is 2.16. The van der Waals surface area contributed by atoms with E-state index in [9.17, 15) is 4.79 Å². The molecule has 0 amide bonds. The topological polar surface area (TPSA) is 49.3 Å². The van der Waals surface area contributed by atoms with Crippen LogP contribution in [0.15, 0.2) is 0 Å². The average Bonchev–Trinajstić information content (AvgIpc) is 2.18. The van der Waals surface area contributed by atoms with Crippen molar-refractivity contribution in [3.05, 3.63) is 0 Å². The van der Waals surface area contributed by atoms with E-state index in [1.165, 1.54) is 0 Å². The first-order valence-electron chi connectivity index (χ1n) is 3.65. The number of hydrogen-bond acceptors (Lipinski definition) is 2. The molecule has 3 aliphatic rings. The molecule has 64 valence electrons. The third-order valence-corrected chi connectivity index (χ3v) is 2.65. The minimum Gasteiger partial charge on any atom is -0.481 e. The van der Waals surface area contributed by atoms with E-state index in [-0.39, 0.29) is 17.8 Å². The molecule has 2 aliphatic heterocycles. The van der Waals surface area contributed by atoms with Crippen LogP contribution < -0.4 is 5.32 Å². The number of rotatable bonds is 2. The van der Waals surface area contributed by atoms with Gasteiger partial charge in [0.15, 0.2) is 0 Å². The predicted octanol–water partition coefficient (Wildman–Crippen LogP) is 0.635. The van der Waals surface area contributed by atoms with Gasteiger partial charge in [0.25, 0.3) is 0 Å². The van der Waals surface area contributed by atoms with E-state index in [0.717, 1.165) is 19.4 Å². The Morgan fingerprint density at radius 2 is 2.27 bits per heavy atom. The molecule has 3 fully saturated rings. The van der Waals surface area contributed by atoms with Gasteiger partial charge in [-0.25, -0.2) is 0 Å².